The van der Waals surface area contributed by atoms with E-state index in [1.165, 1.54) is 0 Å². The number of rotatable bonds is 0. The van der Waals surface area contributed by atoms with Crippen molar-refractivity contribution in [2.24, 2.45) is 0 Å². The molecule has 80 valence electrons. The number of aromatic nitrogens is 3. The molecule has 2 heterocycles. The molecule has 0 saturated heterocycles. The monoisotopic (exact) mass is 219 g/mol. The molecule has 3 aromatic rings. The van der Waals surface area contributed by atoms with Crippen LogP contribution in [0.3, 0.4) is 0 Å². The molecule has 0 saturated carbocycles. The average Bonchev–Trinajstić information content (AvgIpc) is 2.81. The molecular formula is C14H9N3. The van der Waals surface area contributed by atoms with Gasteiger partial charge >= 0.3 is 0 Å². The zero-order chi connectivity index (χ0) is 11.5. The summed E-state index contributed by atoms with van der Waals surface area (Å²) in [4.78, 5) is 4.15. The molecule has 2 aromatic heterocycles. The maximum absolute atomic E-state index is 4.18. The lowest BCUT2D eigenvalue weighted by Crippen LogP contribution is -1.80. The van der Waals surface area contributed by atoms with Crippen LogP contribution in [0.5, 0.6) is 0 Å². The van der Waals surface area contributed by atoms with Gasteiger partial charge in [-0.15, -0.1) is 0 Å². The second-order valence-electron chi connectivity index (χ2n) is 3.58. The van der Waals surface area contributed by atoms with Gasteiger partial charge < -0.3 is 0 Å². The van der Waals surface area contributed by atoms with E-state index >= 15 is 0 Å². The first-order valence-corrected chi connectivity index (χ1v) is 5.30. The lowest BCUT2D eigenvalue weighted by atomic mass is 10.2. The summed E-state index contributed by atoms with van der Waals surface area (Å²) in [6.07, 6.45) is 1.73. The minimum Gasteiger partial charge on any atom is -0.277 e. The Bertz CT molecular complexity index is 702. The van der Waals surface area contributed by atoms with Crippen LogP contribution in [-0.4, -0.2) is 15.2 Å². The van der Waals surface area contributed by atoms with Gasteiger partial charge in [0.15, 0.2) is 0 Å². The van der Waals surface area contributed by atoms with Crippen LogP contribution in [-0.2, 0) is 0 Å². The van der Waals surface area contributed by atoms with Crippen LogP contribution in [0.25, 0.3) is 10.9 Å². The van der Waals surface area contributed by atoms with E-state index in [9.17, 15) is 0 Å². The third kappa shape index (κ3) is 1.88. The summed E-state index contributed by atoms with van der Waals surface area (Å²) in [6, 6.07) is 13.6. The summed E-state index contributed by atoms with van der Waals surface area (Å²) in [5, 5.41) is 8.17. The van der Waals surface area contributed by atoms with Gasteiger partial charge in [0.25, 0.3) is 0 Å². The normalized spacial score (nSPS) is 9.88. The fraction of sp³-hybridized carbons (Fsp3) is 0. The molecular weight excluding hydrogens is 210 g/mol. The number of pyridine rings is 1. The highest BCUT2D eigenvalue weighted by Gasteiger charge is 2.00. The number of para-hydroxylation sites is 1. The maximum Gasteiger partial charge on any atom is 0.143 e. The van der Waals surface area contributed by atoms with Gasteiger partial charge in [0.2, 0.25) is 0 Å². The van der Waals surface area contributed by atoms with E-state index < -0.39 is 0 Å². The lowest BCUT2D eigenvalue weighted by molar-refractivity contribution is 1.10. The molecule has 0 spiro atoms. The van der Waals surface area contributed by atoms with Gasteiger partial charge in [-0.1, -0.05) is 18.2 Å². The van der Waals surface area contributed by atoms with Crippen LogP contribution in [0.2, 0.25) is 0 Å². The highest BCUT2D eigenvalue weighted by molar-refractivity contribution is 5.83. The van der Waals surface area contributed by atoms with Crippen molar-refractivity contribution in [2.75, 3.05) is 0 Å². The average molecular weight is 219 g/mol. The first-order chi connectivity index (χ1) is 8.43. The number of fused-ring (bicyclic) bond motifs is 1. The molecule has 0 aliphatic heterocycles. The molecule has 0 bridgehead atoms. The van der Waals surface area contributed by atoms with Crippen LogP contribution in [0.4, 0.5) is 0 Å². The molecule has 17 heavy (non-hydrogen) atoms. The fourth-order valence-electron chi connectivity index (χ4n) is 1.62. The molecule has 1 N–H and O–H groups in total. The van der Waals surface area contributed by atoms with Gasteiger partial charge in [0, 0.05) is 11.6 Å². The highest BCUT2D eigenvalue weighted by atomic mass is 15.1. The van der Waals surface area contributed by atoms with Gasteiger partial charge in [-0.05, 0) is 36.1 Å². The second-order valence-corrected chi connectivity index (χ2v) is 3.58. The number of H-pyrrole nitrogens is 1. The zero-order valence-electron chi connectivity index (χ0n) is 9.01. The third-order valence-corrected chi connectivity index (χ3v) is 2.44. The molecule has 0 aliphatic rings. The Labute approximate surface area is 98.5 Å². The minimum atomic E-state index is 0.750. The molecule has 3 rings (SSSR count). The number of hydrogen-bond acceptors (Lipinski definition) is 2. The SMILES string of the molecule is C(#Cc1n[nH]c2ccccc12)c1ccccn1. The van der Waals surface area contributed by atoms with Crippen molar-refractivity contribution in [3.63, 3.8) is 0 Å². The number of hydrogen-bond donors (Lipinski definition) is 1. The van der Waals surface area contributed by atoms with E-state index in [4.69, 9.17) is 0 Å². The summed E-state index contributed by atoms with van der Waals surface area (Å²) in [5.74, 6) is 6.02. The second kappa shape index (κ2) is 4.11. The Balaban J connectivity index is 2.04. The number of nitrogens with zero attached hydrogens (tertiary/aromatic N) is 2. The van der Waals surface area contributed by atoms with Gasteiger partial charge in [-0.3, -0.25) is 5.10 Å². The summed E-state index contributed by atoms with van der Waals surface area (Å²) in [6.45, 7) is 0. The fourth-order valence-corrected chi connectivity index (χ4v) is 1.62. The summed E-state index contributed by atoms with van der Waals surface area (Å²) < 4.78 is 0. The minimum absolute atomic E-state index is 0.750. The van der Waals surface area contributed by atoms with Crippen molar-refractivity contribution in [2.45, 2.75) is 0 Å². The standard InChI is InChI=1S/C14H9N3/c1-2-7-13-12(6-1)14(17-16-13)9-8-11-5-3-4-10-15-11/h1-7,10H,(H,16,17). The Morgan fingerprint density at radius 2 is 1.82 bits per heavy atom. The first-order valence-electron chi connectivity index (χ1n) is 5.30. The Morgan fingerprint density at radius 3 is 2.71 bits per heavy atom. The van der Waals surface area contributed by atoms with Crippen LogP contribution in [0, 0.1) is 11.8 Å². The lowest BCUT2D eigenvalue weighted by Gasteiger charge is -1.87. The van der Waals surface area contributed by atoms with E-state index in [-0.39, 0.29) is 0 Å². The number of benzene rings is 1. The van der Waals surface area contributed by atoms with Crippen molar-refractivity contribution in [3.8, 4) is 11.8 Å². The Morgan fingerprint density at radius 1 is 0.941 bits per heavy atom. The molecule has 1 aromatic carbocycles. The van der Waals surface area contributed by atoms with E-state index in [1.807, 2.05) is 42.5 Å². The van der Waals surface area contributed by atoms with Crippen molar-refractivity contribution >= 4 is 10.9 Å². The molecule has 0 radical (unpaired) electrons. The first kappa shape index (κ1) is 9.61. The molecule has 3 heteroatoms. The molecule has 0 atom stereocenters. The van der Waals surface area contributed by atoms with Gasteiger partial charge in [-0.25, -0.2) is 4.98 Å². The van der Waals surface area contributed by atoms with Crippen LogP contribution >= 0.6 is 0 Å². The van der Waals surface area contributed by atoms with Crippen LogP contribution < -0.4 is 0 Å². The van der Waals surface area contributed by atoms with Gasteiger partial charge in [-0.2, -0.15) is 5.10 Å². The number of aromatic amines is 1. The summed E-state index contributed by atoms with van der Waals surface area (Å²) in [5.41, 5.74) is 2.50. The predicted molar refractivity (Wildman–Crippen MR) is 66.3 cm³/mol. The zero-order valence-corrected chi connectivity index (χ0v) is 9.01. The van der Waals surface area contributed by atoms with Crippen LogP contribution in [0.15, 0.2) is 48.7 Å². The Hall–Kier alpha value is -2.60. The third-order valence-electron chi connectivity index (χ3n) is 2.44. The van der Waals surface area contributed by atoms with E-state index in [1.54, 1.807) is 6.20 Å². The van der Waals surface area contributed by atoms with E-state index in [0.717, 1.165) is 22.3 Å². The quantitative estimate of drug-likeness (QED) is 0.590. The van der Waals surface area contributed by atoms with Crippen LogP contribution in [0.1, 0.15) is 11.4 Å². The van der Waals surface area contributed by atoms with Crippen molar-refractivity contribution < 1.29 is 0 Å². The molecule has 0 aliphatic carbocycles. The molecule has 3 nitrogen and oxygen atoms in total. The van der Waals surface area contributed by atoms with Crippen molar-refractivity contribution in [1.82, 2.24) is 15.2 Å². The number of nitrogens with one attached hydrogen (secondary N) is 1. The summed E-state index contributed by atoms with van der Waals surface area (Å²) in [7, 11) is 0. The smallest absolute Gasteiger partial charge is 0.143 e. The molecule has 0 fully saturated rings. The molecule has 0 unspecified atom stereocenters. The van der Waals surface area contributed by atoms with E-state index in [0.29, 0.717) is 0 Å². The van der Waals surface area contributed by atoms with Crippen molar-refractivity contribution in [1.29, 1.82) is 0 Å². The largest absolute Gasteiger partial charge is 0.277 e. The highest BCUT2D eigenvalue weighted by Crippen LogP contribution is 2.13. The van der Waals surface area contributed by atoms with Gasteiger partial charge in [0.05, 0.1) is 5.52 Å². The predicted octanol–water partition coefficient (Wildman–Crippen LogP) is 2.36. The summed E-state index contributed by atoms with van der Waals surface area (Å²) >= 11 is 0. The van der Waals surface area contributed by atoms with Gasteiger partial charge in [0.1, 0.15) is 11.4 Å². The topological polar surface area (TPSA) is 41.6 Å². The van der Waals surface area contributed by atoms with Crippen molar-refractivity contribution in [3.05, 3.63) is 60.0 Å². The maximum atomic E-state index is 4.18. The molecule has 0 amide bonds. The van der Waals surface area contributed by atoms with E-state index in [2.05, 4.69) is 27.0 Å². The Kier molecular flexibility index (Phi) is 2.32.